The van der Waals surface area contributed by atoms with Crippen molar-refractivity contribution >= 4 is 17.2 Å². The number of nitrogens with zero attached hydrogens (tertiary/aromatic N) is 3. The maximum atomic E-state index is 13.0. The van der Waals surface area contributed by atoms with Crippen molar-refractivity contribution in [2.45, 2.75) is 6.92 Å². The summed E-state index contributed by atoms with van der Waals surface area (Å²) in [7, 11) is 0. The van der Waals surface area contributed by atoms with Crippen LogP contribution in [0.15, 0.2) is 47.8 Å². The number of pyridine rings is 1. The van der Waals surface area contributed by atoms with E-state index in [0.717, 1.165) is 11.4 Å². The highest BCUT2D eigenvalue weighted by Gasteiger charge is 2.09. The van der Waals surface area contributed by atoms with Crippen molar-refractivity contribution in [2.24, 2.45) is 10.9 Å². The van der Waals surface area contributed by atoms with E-state index in [1.165, 1.54) is 12.1 Å². The molecule has 0 saturated heterocycles. The molecule has 6 heteroatoms. The van der Waals surface area contributed by atoms with Gasteiger partial charge in [0.25, 0.3) is 0 Å². The van der Waals surface area contributed by atoms with Gasteiger partial charge in [-0.3, -0.25) is 4.98 Å². The second kappa shape index (κ2) is 6.01. The van der Waals surface area contributed by atoms with Crippen LogP contribution in [-0.4, -0.2) is 22.6 Å². The first-order valence-electron chi connectivity index (χ1n) is 6.12. The highest BCUT2D eigenvalue weighted by molar-refractivity contribution is 5.95. The number of anilines is 2. The Morgan fingerprint density at radius 1 is 1.25 bits per heavy atom. The molecule has 0 spiro atoms. The monoisotopic (exact) mass is 274 g/mol. The molecule has 0 saturated carbocycles. The lowest BCUT2D eigenvalue weighted by Gasteiger charge is -2.23. The molecule has 1 aromatic carbocycles. The summed E-state index contributed by atoms with van der Waals surface area (Å²) in [6.07, 6.45) is 1.63. The molecule has 0 unspecified atom stereocenters. The third-order valence-corrected chi connectivity index (χ3v) is 2.88. The van der Waals surface area contributed by atoms with Gasteiger partial charge in [0.2, 0.25) is 0 Å². The van der Waals surface area contributed by atoms with Crippen LogP contribution < -0.4 is 10.6 Å². The van der Waals surface area contributed by atoms with Crippen molar-refractivity contribution in [3.8, 4) is 0 Å². The number of rotatable bonds is 4. The first-order valence-corrected chi connectivity index (χ1v) is 6.12. The van der Waals surface area contributed by atoms with Crippen molar-refractivity contribution in [3.63, 3.8) is 0 Å². The second-order valence-corrected chi connectivity index (χ2v) is 4.11. The lowest BCUT2D eigenvalue weighted by Crippen LogP contribution is -2.18. The van der Waals surface area contributed by atoms with Gasteiger partial charge in [0.1, 0.15) is 11.5 Å². The number of nitrogens with two attached hydrogens (primary N) is 1. The van der Waals surface area contributed by atoms with E-state index in [2.05, 4.69) is 10.1 Å². The van der Waals surface area contributed by atoms with Crippen molar-refractivity contribution in [1.29, 1.82) is 0 Å². The topological polar surface area (TPSA) is 74.7 Å². The molecule has 2 aromatic rings. The molecule has 2 rings (SSSR count). The molecule has 3 N–H and O–H groups in total. The van der Waals surface area contributed by atoms with Crippen LogP contribution in [0.4, 0.5) is 15.8 Å². The molecule has 1 heterocycles. The number of hydrogen-bond donors (Lipinski definition) is 2. The Labute approximate surface area is 116 Å². The molecule has 0 radical (unpaired) electrons. The molecule has 0 bridgehead atoms. The van der Waals surface area contributed by atoms with Crippen LogP contribution in [-0.2, 0) is 0 Å². The summed E-state index contributed by atoms with van der Waals surface area (Å²) in [5, 5.41) is 11.5. The third kappa shape index (κ3) is 2.85. The molecule has 5 nitrogen and oxygen atoms in total. The van der Waals surface area contributed by atoms with Crippen LogP contribution in [0.2, 0.25) is 0 Å². The zero-order valence-corrected chi connectivity index (χ0v) is 11.0. The Morgan fingerprint density at radius 3 is 2.40 bits per heavy atom. The fourth-order valence-corrected chi connectivity index (χ4v) is 1.88. The number of hydrogen-bond acceptors (Lipinski definition) is 4. The summed E-state index contributed by atoms with van der Waals surface area (Å²) in [5.74, 6) is -0.313. The first-order chi connectivity index (χ1) is 9.65. The molecule has 0 aliphatic rings. The van der Waals surface area contributed by atoms with Gasteiger partial charge in [-0.1, -0.05) is 5.16 Å². The molecule has 0 aliphatic carbocycles. The zero-order valence-electron chi connectivity index (χ0n) is 11.0. The summed E-state index contributed by atoms with van der Waals surface area (Å²) >= 11 is 0. The Balaban J connectivity index is 2.30. The standard InChI is InChI=1S/C14H15FN4O/c1-2-19(11-5-3-10(15)4-6-11)12-7-8-13(17-9-12)14(16)18-20/h3-9,20H,2H2,1H3,(H2,16,18). The minimum absolute atomic E-state index is 0.0404. The molecule has 0 atom stereocenters. The van der Waals surface area contributed by atoms with Crippen molar-refractivity contribution in [3.05, 3.63) is 54.1 Å². The van der Waals surface area contributed by atoms with Crippen molar-refractivity contribution < 1.29 is 9.60 Å². The predicted molar refractivity (Wildman–Crippen MR) is 75.8 cm³/mol. The fourth-order valence-electron chi connectivity index (χ4n) is 1.88. The van der Waals surface area contributed by atoms with Crippen molar-refractivity contribution in [1.82, 2.24) is 4.98 Å². The maximum Gasteiger partial charge on any atom is 0.188 e. The van der Waals surface area contributed by atoms with Gasteiger partial charge in [-0.15, -0.1) is 0 Å². The van der Waals surface area contributed by atoms with Crippen molar-refractivity contribution in [2.75, 3.05) is 11.4 Å². The molecule has 20 heavy (non-hydrogen) atoms. The summed E-state index contributed by atoms with van der Waals surface area (Å²) < 4.78 is 13.0. The van der Waals surface area contributed by atoms with Crippen LogP contribution in [0, 0.1) is 5.82 Å². The summed E-state index contributed by atoms with van der Waals surface area (Å²) in [6, 6.07) is 9.71. The van der Waals surface area contributed by atoms with E-state index in [0.29, 0.717) is 12.2 Å². The Bertz CT molecular complexity index is 596. The number of amidine groups is 1. The Hall–Kier alpha value is -2.63. The second-order valence-electron chi connectivity index (χ2n) is 4.11. The van der Waals surface area contributed by atoms with Crippen LogP contribution in [0.3, 0.4) is 0 Å². The van der Waals surface area contributed by atoms with E-state index in [1.54, 1.807) is 24.4 Å². The molecule has 0 aliphatic heterocycles. The largest absolute Gasteiger partial charge is 0.409 e. The number of aromatic nitrogens is 1. The summed E-state index contributed by atoms with van der Waals surface area (Å²) in [5.41, 5.74) is 7.57. The molecular formula is C14H15FN4O. The minimum atomic E-state index is -0.273. The lowest BCUT2D eigenvalue weighted by atomic mass is 10.2. The van der Waals surface area contributed by atoms with E-state index in [4.69, 9.17) is 10.9 Å². The van der Waals surface area contributed by atoms with E-state index in [9.17, 15) is 4.39 Å². The fraction of sp³-hybridized carbons (Fsp3) is 0.143. The van der Waals surface area contributed by atoms with Gasteiger partial charge in [-0.25, -0.2) is 4.39 Å². The van der Waals surface area contributed by atoms with Gasteiger partial charge in [0.15, 0.2) is 5.84 Å². The van der Waals surface area contributed by atoms with E-state index in [-0.39, 0.29) is 11.7 Å². The Kier molecular flexibility index (Phi) is 4.14. The molecule has 0 amide bonds. The van der Waals surface area contributed by atoms with E-state index >= 15 is 0 Å². The third-order valence-electron chi connectivity index (χ3n) is 2.88. The number of oxime groups is 1. The highest BCUT2D eigenvalue weighted by atomic mass is 19.1. The van der Waals surface area contributed by atoms with Crippen LogP contribution in [0.1, 0.15) is 12.6 Å². The molecule has 0 fully saturated rings. The SMILES string of the molecule is CCN(c1ccc(F)cc1)c1ccc(/C(N)=N/O)nc1. The van der Waals surface area contributed by atoms with Gasteiger partial charge < -0.3 is 15.8 Å². The highest BCUT2D eigenvalue weighted by Crippen LogP contribution is 2.24. The zero-order chi connectivity index (χ0) is 14.5. The van der Waals surface area contributed by atoms with Crippen LogP contribution in [0.25, 0.3) is 0 Å². The average molecular weight is 274 g/mol. The first kappa shape index (κ1) is 13.8. The molecule has 1 aromatic heterocycles. The van der Waals surface area contributed by atoms with Gasteiger partial charge >= 0.3 is 0 Å². The molecular weight excluding hydrogens is 259 g/mol. The Morgan fingerprint density at radius 2 is 1.90 bits per heavy atom. The van der Waals surface area contributed by atoms with E-state index < -0.39 is 0 Å². The minimum Gasteiger partial charge on any atom is -0.409 e. The summed E-state index contributed by atoms with van der Waals surface area (Å²) in [4.78, 5) is 6.10. The normalized spacial score (nSPS) is 11.4. The average Bonchev–Trinajstić information content (AvgIpc) is 2.50. The number of halogens is 1. The maximum absolute atomic E-state index is 13.0. The summed E-state index contributed by atoms with van der Waals surface area (Å²) in [6.45, 7) is 2.69. The smallest absolute Gasteiger partial charge is 0.188 e. The van der Waals surface area contributed by atoms with Crippen LogP contribution in [0.5, 0.6) is 0 Å². The van der Waals surface area contributed by atoms with Crippen LogP contribution >= 0.6 is 0 Å². The lowest BCUT2D eigenvalue weighted by molar-refractivity contribution is 0.318. The van der Waals surface area contributed by atoms with Gasteiger partial charge in [-0.05, 0) is 43.3 Å². The van der Waals surface area contributed by atoms with Gasteiger partial charge in [0.05, 0.1) is 11.9 Å². The van der Waals surface area contributed by atoms with E-state index in [1.807, 2.05) is 17.9 Å². The van der Waals surface area contributed by atoms with Gasteiger partial charge in [-0.2, -0.15) is 0 Å². The quantitative estimate of drug-likeness (QED) is 0.389. The predicted octanol–water partition coefficient (Wildman–Crippen LogP) is 2.47. The molecule has 104 valence electrons. The van der Waals surface area contributed by atoms with Gasteiger partial charge in [0, 0.05) is 12.2 Å². The number of benzene rings is 1.